The first-order chi connectivity index (χ1) is 8.47. The minimum atomic E-state index is -4.44. The second kappa shape index (κ2) is 4.77. The second-order valence-corrected chi connectivity index (χ2v) is 4.38. The van der Waals surface area contributed by atoms with Crippen molar-refractivity contribution in [2.45, 2.75) is 6.18 Å². The number of hydrogen-bond donors (Lipinski definition) is 1. The molecule has 1 heterocycles. The second-order valence-electron chi connectivity index (χ2n) is 3.35. The molecule has 1 N–H and O–H groups in total. The molecule has 2 rings (SSSR count). The molecule has 0 unspecified atom stereocenters. The highest BCUT2D eigenvalue weighted by Crippen LogP contribution is 2.35. The Hall–Kier alpha value is -1.89. The fourth-order valence-corrected chi connectivity index (χ4v) is 1.90. The van der Waals surface area contributed by atoms with Gasteiger partial charge >= 0.3 is 6.18 Å². The van der Waals surface area contributed by atoms with E-state index in [-0.39, 0.29) is 5.13 Å². The zero-order valence-corrected chi connectivity index (χ0v) is 9.68. The van der Waals surface area contributed by atoms with Crippen LogP contribution in [0.3, 0.4) is 0 Å². The molecule has 0 bridgehead atoms. The van der Waals surface area contributed by atoms with Gasteiger partial charge in [0.15, 0.2) is 5.13 Å². The van der Waals surface area contributed by atoms with Crippen molar-refractivity contribution in [3.8, 4) is 0 Å². The molecule has 7 heteroatoms. The number of amides is 1. The number of anilines is 1. The summed E-state index contributed by atoms with van der Waals surface area (Å²) in [6.45, 7) is 0. The molecule has 0 aliphatic heterocycles. The third-order valence-electron chi connectivity index (χ3n) is 2.04. The van der Waals surface area contributed by atoms with E-state index in [4.69, 9.17) is 0 Å². The molecule has 1 aromatic carbocycles. The largest absolute Gasteiger partial charge is 0.427 e. The van der Waals surface area contributed by atoms with E-state index in [0.717, 1.165) is 0 Å². The lowest BCUT2D eigenvalue weighted by molar-refractivity contribution is -0.134. The number of thiazole rings is 1. The van der Waals surface area contributed by atoms with Crippen molar-refractivity contribution in [3.05, 3.63) is 47.0 Å². The Morgan fingerprint density at radius 3 is 2.44 bits per heavy atom. The summed E-state index contributed by atoms with van der Waals surface area (Å²) >= 11 is 0.395. The number of aromatic nitrogens is 1. The highest BCUT2D eigenvalue weighted by molar-refractivity contribution is 7.15. The van der Waals surface area contributed by atoms with Crippen molar-refractivity contribution < 1.29 is 18.0 Å². The number of carbonyl (C=O) groups is 1. The zero-order chi connectivity index (χ0) is 13.2. The van der Waals surface area contributed by atoms with Crippen LogP contribution >= 0.6 is 11.3 Å². The van der Waals surface area contributed by atoms with Crippen LogP contribution < -0.4 is 5.32 Å². The summed E-state index contributed by atoms with van der Waals surface area (Å²) in [5.41, 5.74) is 0.362. The molecule has 0 aliphatic carbocycles. The SMILES string of the molecule is O=C(Nc1ncc(C(F)(F)F)s1)c1ccccc1. The number of halogens is 3. The summed E-state index contributed by atoms with van der Waals surface area (Å²) in [5, 5.41) is 2.25. The molecule has 0 spiro atoms. The molecule has 3 nitrogen and oxygen atoms in total. The van der Waals surface area contributed by atoms with Gasteiger partial charge < -0.3 is 0 Å². The first-order valence-corrected chi connectivity index (χ1v) is 5.68. The van der Waals surface area contributed by atoms with Crippen molar-refractivity contribution in [2.75, 3.05) is 5.32 Å². The number of nitrogens with one attached hydrogen (secondary N) is 1. The maximum atomic E-state index is 12.3. The van der Waals surface area contributed by atoms with Gasteiger partial charge in [-0.3, -0.25) is 10.1 Å². The summed E-state index contributed by atoms with van der Waals surface area (Å²) in [6, 6.07) is 8.19. The van der Waals surface area contributed by atoms with Gasteiger partial charge in [-0.1, -0.05) is 29.5 Å². The molecule has 1 amide bonds. The van der Waals surface area contributed by atoms with Crippen LogP contribution in [0, 0.1) is 0 Å². The molecule has 18 heavy (non-hydrogen) atoms. The van der Waals surface area contributed by atoms with E-state index >= 15 is 0 Å². The Morgan fingerprint density at radius 2 is 1.89 bits per heavy atom. The van der Waals surface area contributed by atoms with Crippen molar-refractivity contribution in [2.24, 2.45) is 0 Å². The van der Waals surface area contributed by atoms with E-state index < -0.39 is 17.0 Å². The van der Waals surface area contributed by atoms with Gasteiger partial charge in [0.05, 0.1) is 6.20 Å². The third-order valence-corrected chi connectivity index (χ3v) is 3.00. The number of carbonyl (C=O) groups excluding carboxylic acids is 1. The number of alkyl halides is 3. The Labute approximate surface area is 104 Å². The summed E-state index contributed by atoms with van der Waals surface area (Å²) < 4.78 is 37.0. The first kappa shape index (κ1) is 12.6. The molecule has 0 fully saturated rings. The summed E-state index contributed by atoms with van der Waals surface area (Å²) in [4.78, 5) is 14.3. The number of nitrogens with zero attached hydrogens (tertiary/aromatic N) is 1. The van der Waals surface area contributed by atoms with Crippen molar-refractivity contribution in [1.29, 1.82) is 0 Å². The fraction of sp³-hybridized carbons (Fsp3) is 0.0909. The molecule has 1 aromatic heterocycles. The maximum absolute atomic E-state index is 12.3. The minimum absolute atomic E-state index is 0.0730. The van der Waals surface area contributed by atoms with Gasteiger partial charge in [-0.2, -0.15) is 13.2 Å². The molecule has 0 atom stereocenters. The third kappa shape index (κ3) is 2.86. The first-order valence-electron chi connectivity index (χ1n) is 4.86. The molecule has 0 saturated heterocycles. The van der Waals surface area contributed by atoms with Crippen LogP contribution in [0.5, 0.6) is 0 Å². The van der Waals surface area contributed by atoms with Gasteiger partial charge in [-0.25, -0.2) is 4.98 Å². The molecule has 2 aromatic rings. The molecule has 0 aliphatic rings. The summed E-state index contributed by atoms with van der Waals surface area (Å²) in [7, 11) is 0. The van der Waals surface area contributed by atoms with Crippen molar-refractivity contribution in [3.63, 3.8) is 0 Å². The Balaban J connectivity index is 2.11. The van der Waals surface area contributed by atoms with Crippen LogP contribution in [0.2, 0.25) is 0 Å². The zero-order valence-electron chi connectivity index (χ0n) is 8.86. The van der Waals surface area contributed by atoms with E-state index in [1.54, 1.807) is 30.3 Å². The fourth-order valence-electron chi connectivity index (χ4n) is 1.22. The Bertz CT molecular complexity index is 551. The van der Waals surface area contributed by atoms with Gasteiger partial charge in [0.1, 0.15) is 4.88 Å². The normalized spacial score (nSPS) is 11.3. The van der Waals surface area contributed by atoms with Gasteiger partial charge in [-0.05, 0) is 12.1 Å². The van der Waals surface area contributed by atoms with Crippen LogP contribution in [0.25, 0.3) is 0 Å². The van der Waals surface area contributed by atoms with Crippen LogP contribution in [0.15, 0.2) is 36.5 Å². The van der Waals surface area contributed by atoms with Gasteiger partial charge in [0.25, 0.3) is 5.91 Å². The van der Waals surface area contributed by atoms with Gasteiger partial charge in [-0.15, -0.1) is 0 Å². The number of benzene rings is 1. The standard InChI is InChI=1S/C11H7F3N2OS/c12-11(13,14)8-6-15-10(18-8)16-9(17)7-4-2-1-3-5-7/h1-6H,(H,15,16,17). The molecular weight excluding hydrogens is 265 g/mol. The number of rotatable bonds is 2. The lowest BCUT2D eigenvalue weighted by Crippen LogP contribution is -2.11. The molecule has 94 valence electrons. The van der Waals surface area contributed by atoms with Crippen LogP contribution in [-0.2, 0) is 6.18 Å². The molecule has 0 saturated carbocycles. The van der Waals surface area contributed by atoms with E-state index in [1.807, 2.05) is 0 Å². The monoisotopic (exact) mass is 272 g/mol. The highest BCUT2D eigenvalue weighted by Gasteiger charge is 2.33. The average Bonchev–Trinajstić information content (AvgIpc) is 2.78. The van der Waals surface area contributed by atoms with Crippen molar-refractivity contribution >= 4 is 22.4 Å². The highest BCUT2D eigenvalue weighted by atomic mass is 32.1. The summed E-state index contributed by atoms with van der Waals surface area (Å²) in [5.74, 6) is -0.487. The predicted octanol–water partition coefficient (Wildman–Crippen LogP) is 3.41. The molecule has 0 radical (unpaired) electrons. The topological polar surface area (TPSA) is 42.0 Å². The van der Waals surface area contributed by atoms with Gasteiger partial charge in [0.2, 0.25) is 0 Å². The predicted molar refractivity (Wildman–Crippen MR) is 61.5 cm³/mol. The number of hydrogen-bond acceptors (Lipinski definition) is 3. The summed E-state index contributed by atoms with van der Waals surface area (Å²) in [6.07, 6.45) is -3.74. The van der Waals surface area contributed by atoms with Crippen LogP contribution in [0.4, 0.5) is 18.3 Å². The Kier molecular flexibility index (Phi) is 3.33. The lowest BCUT2D eigenvalue weighted by atomic mass is 10.2. The minimum Gasteiger partial charge on any atom is -0.298 e. The smallest absolute Gasteiger partial charge is 0.298 e. The van der Waals surface area contributed by atoms with Crippen LogP contribution in [-0.4, -0.2) is 10.9 Å². The van der Waals surface area contributed by atoms with Crippen molar-refractivity contribution in [1.82, 2.24) is 4.98 Å². The lowest BCUT2D eigenvalue weighted by Gasteiger charge is -2.01. The van der Waals surface area contributed by atoms with E-state index in [9.17, 15) is 18.0 Å². The Morgan fingerprint density at radius 1 is 1.22 bits per heavy atom. The van der Waals surface area contributed by atoms with E-state index in [0.29, 0.717) is 23.1 Å². The quantitative estimate of drug-likeness (QED) is 0.910. The maximum Gasteiger partial charge on any atom is 0.427 e. The van der Waals surface area contributed by atoms with E-state index in [1.165, 1.54) is 0 Å². The van der Waals surface area contributed by atoms with Gasteiger partial charge in [0, 0.05) is 5.56 Å². The molecular formula is C11H7F3N2OS. The van der Waals surface area contributed by atoms with Crippen LogP contribution in [0.1, 0.15) is 15.2 Å². The average molecular weight is 272 g/mol. The van der Waals surface area contributed by atoms with E-state index in [2.05, 4.69) is 10.3 Å².